The summed E-state index contributed by atoms with van der Waals surface area (Å²) in [5, 5.41) is 12.1. The van der Waals surface area contributed by atoms with Crippen molar-refractivity contribution in [3.8, 4) is 0 Å². The van der Waals surface area contributed by atoms with Gasteiger partial charge in [0.25, 0.3) is 0 Å². The first kappa shape index (κ1) is 16.0. The Hall–Kier alpha value is -1.01. The van der Waals surface area contributed by atoms with E-state index in [0.29, 0.717) is 24.1 Å². The smallest absolute Gasteiger partial charge is 0.228 e. The molecule has 0 bridgehead atoms. The highest BCUT2D eigenvalue weighted by Crippen LogP contribution is 2.15. The van der Waals surface area contributed by atoms with Gasteiger partial charge in [-0.25, -0.2) is 0 Å². The predicted octanol–water partition coefficient (Wildman–Crippen LogP) is 2.88. The molecule has 1 aromatic rings. The zero-order chi connectivity index (χ0) is 14.3. The second-order valence-corrected chi connectivity index (χ2v) is 6.03. The minimum absolute atomic E-state index is 0.0736. The lowest BCUT2D eigenvalue weighted by molar-refractivity contribution is -0.117. The van der Waals surface area contributed by atoms with Gasteiger partial charge in [-0.05, 0) is 25.7 Å². The number of carbonyl (C=O) groups excluding carboxylic acids is 1. The van der Waals surface area contributed by atoms with Gasteiger partial charge < -0.3 is 10.1 Å². The van der Waals surface area contributed by atoms with Gasteiger partial charge >= 0.3 is 0 Å². The van der Waals surface area contributed by atoms with E-state index in [1.165, 1.54) is 11.3 Å². The number of ether oxygens (including phenoxy) is 1. The molecule has 0 spiro atoms. The average Bonchev–Trinajstić information content (AvgIpc) is 2.75. The van der Waals surface area contributed by atoms with E-state index in [2.05, 4.69) is 29.4 Å². The molecule has 1 aromatic heterocycles. The van der Waals surface area contributed by atoms with E-state index in [1.54, 1.807) is 0 Å². The fourth-order valence-corrected chi connectivity index (χ4v) is 2.41. The molecule has 1 amide bonds. The zero-order valence-electron chi connectivity index (χ0n) is 12.1. The molecule has 19 heavy (non-hydrogen) atoms. The Morgan fingerprint density at radius 2 is 2.11 bits per heavy atom. The maximum atomic E-state index is 11.7. The Morgan fingerprint density at radius 1 is 1.37 bits per heavy atom. The van der Waals surface area contributed by atoms with Gasteiger partial charge in [0.15, 0.2) is 0 Å². The maximum absolute atomic E-state index is 11.7. The van der Waals surface area contributed by atoms with Gasteiger partial charge in [-0.15, -0.1) is 10.2 Å². The summed E-state index contributed by atoms with van der Waals surface area (Å²) in [6.45, 7) is 8.81. The molecule has 0 aliphatic heterocycles. The van der Waals surface area contributed by atoms with Crippen LogP contribution in [0.4, 0.5) is 5.13 Å². The van der Waals surface area contributed by atoms with Crippen LogP contribution < -0.4 is 5.32 Å². The molecule has 0 fully saturated rings. The van der Waals surface area contributed by atoms with Crippen LogP contribution in [0.5, 0.6) is 0 Å². The first-order chi connectivity index (χ1) is 9.01. The maximum Gasteiger partial charge on any atom is 0.228 e. The molecule has 0 aliphatic carbocycles. The molecule has 0 radical (unpaired) electrons. The Morgan fingerprint density at radius 3 is 2.68 bits per heavy atom. The van der Waals surface area contributed by atoms with Crippen molar-refractivity contribution in [2.45, 2.75) is 53.1 Å². The van der Waals surface area contributed by atoms with Crippen LogP contribution in [0.25, 0.3) is 0 Å². The van der Waals surface area contributed by atoms with Crippen molar-refractivity contribution in [1.82, 2.24) is 10.2 Å². The summed E-state index contributed by atoms with van der Waals surface area (Å²) in [4.78, 5) is 11.7. The average molecular weight is 285 g/mol. The molecule has 0 saturated heterocycles. The van der Waals surface area contributed by atoms with E-state index in [0.717, 1.165) is 17.8 Å². The second kappa shape index (κ2) is 8.22. The van der Waals surface area contributed by atoms with Crippen LogP contribution >= 0.6 is 11.3 Å². The number of hydrogen-bond acceptors (Lipinski definition) is 5. The second-order valence-electron chi connectivity index (χ2n) is 4.96. The predicted molar refractivity (Wildman–Crippen MR) is 77.4 cm³/mol. The number of hydrogen-bond donors (Lipinski definition) is 1. The number of carbonyl (C=O) groups is 1. The van der Waals surface area contributed by atoms with Crippen molar-refractivity contribution >= 4 is 22.4 Å². The van der Waals surface area contributed by atoms with Crippen molar-refractivity contribution in [2.75, 3.05) is 11.9 Å². The normalized spacial score (nSPS) is 12.7. The van der Waals surface area contributed by atoms with E-state index in [-0.39, 0.29) is 12.0 Å². The number of nitrogens with one attached hydrogen (secondary N) is 1. The van der Waals surface area contributed by atoms with Crippen molar-refractivity contribution in [3.05, 3.63) is 5.01 Å². The highest BCUT2D eigenvalue weighted by Gasteiger charge is 2.09. The Balaban J connectivity index is 2.21. The fraction of sp³-hybridized carbons (Fsp3) is 0.769. The molecule has 0 aliphatic rings. The summed E-state index contributed by atoms with van der Waals surface area (Å²) in [7, 11) is 0. The lowest BCUT2D eigenvalue weighted by Gasteiger charge is -2.14. The van der Waals surface area contributed by atoms with E-state index < -0.39 is 0 Å². The van der Waals surface area contributed by atoms with Gasteiger partial charge in [0.2, 0.25) is 11.0 Å². The number of aromatic nitrogens is 2. The minimum Gasteiger partial charge on any atom is -0.378 e. The topological polar surface area (TPSA) is 64.1 Å². The highest BCUT2D eigenvalue weighted by atomic mass is 32.1. The Kier molecular flexibility index (Phi) is 6.94. The van der Waals surface area contributed by atoms with E-state index in [4.69, 9.17) is 4.74 Å². The summed E-state index contributed by atoms with van der Waals surface area (Å²) in [5.41, 5.74) is 0. The number of aryl methyl sites for hydroxylation is 1. The van der Waals surface area contributed by atoms with E-state index >= 15 is 0 Å². The molecule has 6 heteroatoms. The zero-order valence-corrected chi connectivity index (χ0v) is 12.9. The molecule has 5 nitrogen and oxygen atoms in total. The molecule has 1 atom stereocenters. The monoisotopic (exact) mass is 285 g/mol. The van der Waals surface area contributed by atoms with Crippen LogP contribution in [0, 0.1) is 5.92 Å². The number of nitrogens with zero attached hydrogens (tertiary/aromatic N) is 2. The summed E-state index contributed by atoms with van der Waals surface area (Å²) in [6, 6.07) is 0. The SMILES string of the molecule is CCc1nnc(NC(=O)CCOC(C)CC(C)C)s1. The van der Waals surface area contributed by atoms with Gasteiger partial charge in [0, 0.05) is 0 Å². The van der Waals surface area contributed by atoms with Crippen LogP contribution in [0.15, 0.2) is 0 Å². The van der Waals surface area contributed by atoms with Gasteiger partial charge in [-0.1, -0.05) is 32.1 Å². The largest absolute Gasteiger partial charge is 0.378 e. The Labute approximate surface area is 118 Å². The molecule has 0 aromatic carbocycles. The summed E-state index contributed by atoms with van der Waals surface area (Å²) in [5.74, 6) is 0.535. The van der Waals surface area contributed by atoms with E-state index in [9.17, 15) is 4.79 Å². The third-order valence-electron chi connectivity index (χ3n) is 2.55. The molecule has 1 N–H and O–H groups in total. The van der Waals surface area contributed by atoms with Crippen molar-refractivity contribution in [1.29, 1.82) is 0 Å². The third-order valence-corrected chi connectivity index (χ3v) is 3.53. The van der Waals surface area contributed by atoms with Crippen LogP contribution in [0.2, 0.25) is 0 Å². The van der Waals surface area contributed by atoms with Crippen molar-refractivity contribution < 1.29 is 9.53 Å². The third kappa shape index (κ3) is 6.63. The lowest BCUT2D eigenvalue weighted by atomic mass is 10.1. The summed E-state index contributed by atoms with van der Waals surface area (Å²) in [6.07, 6.45) is 2.39. The minimum atomic E-state index is -0.0736. The van der Waals surface area contributed by atoms with Crippen molar-refractivity contribution in [3.63, 3.8) is 0 Å². The lowest BCUT2D eigenvalue weighted by Crippen LogP contribution is -2.17. The van der Waals surface area contributed by atoms with Crippen LogP contribution in [0.1, 0.15) is 45.5 Å². The van der Waals surface area contributed by atoms with E-state index in [1.807, 2.05) is 13.8 Å². The molecule has 1 unspecified atom stereocenters. The number of amides is 1. The van der Waals surface area contributed by atoms with Gasteiger partial charge in [-0.2, -0.15) is 0 Å². The number of rotatable bonds is 8. The van der Waals surface area contributed by atoms with Crippen LogP contribution in [0.3, 0.4) is 0 Å². The molecule has 108 valence electrons. The fourth-order valence-electron chi connectivity index (χ4n) is 1.71. The molecule has 0 saturated carbocycles. The van der Waals surface area contributed by atoms with Gasteiger partial charge in [0.05, 0.1) is 19.1 Å². The summed E-state index contributed by atoms with van der Waals surface area (Å²) < 4.78 is 5.59. The van der Waals surface area contributed by atoms with Gasteiger partial charge in [-0.3, -0.25) is 4.79 Å². The summed E-state index contributed by atoms with van der Waals surface area (Å²) >= 11 is 1.41. The van der Waals surface area contributed by atoms with Crippen LogP contribution in [-0.4, -0.2) is 28.8 Å². The molecule has 1 rings (SSSR count). The number of anilines is 1. The van der Waals surface area contributed by atoms with Crippen molar-refractivity contribution in [2.24, 2.45) is 5.92 Å². The highest BCUT2D eigenvalue weighted by molar-refractivity contribution is 7.15. The first-order valence-electron chi connectivity index (χ1n) is 6.75. The van der Waals surface area contributed by atoms with Crippen LogP contribution in [-0.2, 0) is 16.0 Å². The molecular weight excluding hydrogens is 262 g/mol. The standard InChI is InChI=1S/C13H23N3O2S/c1-5-12-15-16-13(19-12)14-11(17)6-7-18-10(4)8-9(2)3/h9-10H,5-8H2,1-4H3,(H,14,16,17). The Bertz CT molecular complexity index is 393. The van der Waals surface area contributed by atoms with Gasteiger partial charge in [0.1, 0.15) is 5.01 Å². The molecular formula is C13H23N3O2S. The first-order valence-corrected chi connectivity index (χ1v) is 7.56. The quantitative estimate of drug-likeness (QED) is 0.797. The molecule has 1 heterocycles.